The van der Waals surface area contributed by atoms with Crippen molar-refractivity contribution in [3.05, 3.63) is 77.4 Å². The summed E-state index contributed by atoms with van der Waals surface area (Å²) in [6, 6.07) is 11.3. The van der Waals surface area contributed by atoms with E-state index in [0.717, 1.165) is 17.0 Å². The van der Waals surface area contributed by atoms with Crippen molar-refractivity contribution in [1.29, 1.82) is 0 Å². The predicted molar refractivity (Wildman–Crippen MR) is 165 cm³/mol. The smallest absolute Gasteiger partial charge is 0.251 e. The Hall–Kier alpha value is -3.27. The van der Waals surface area contributed by atoms with Crippen LogP contribution in [0, 0.1) is 18.8 Å². The Labute approximate surface area is 254 Å². The van der Waals surface area contributed by atoms with Crippen LogP contribution in [-0.4, -0.2) is 76.1 Å². The highest BCUT2D eigenvalue weighted by Gasteiger charge is 2.71. The van der Waals surface area contributed by atoms with Gasteiger partial charge < -0.3 is 24.5 Å². The van der Waals surface area contributed by atoms with Gasteiger partial charge in [0.05, 0.1) is 46.5 Å². The molecule has 42 heavy (non-hydrogen) atoms. The zero-order chi connectivity index (χ0) is 29.8. The molecule has 1 unspecified atom stereocenters. The number of benzene rings is 2. The van der Waals surface area contributed by atoms with Crippen LogP contribution in [0.1, 0.15) is 19.4 Å². The van der Waals surface area contributed by atoms with Gasteiger partial charge in [0.25, 0.3) is 5.91 Å². The lowest BCUT2D eigenvalue weighted by Crippen LogP contribution is -2.56. The standard InChI is InChI=1S/C32H34ClN3O5S/c1-4-41-22-13-11-21(12-14-22)34-16-6-10-24-25(29(34)38)26-30(39)36(20(3)18-37)28-31(40)35(17-7-15-32(26,28)42-24)27-19(2)8-5-9-23(27)33/h5-15,20,24-26,28,37H,4,16-18H2,1-3H3/t20-,24-,25+,26+,28?,32+/m1/s1. The molecule has 2 aromatic rings. The average Bonchev–Trinajstić information content (AvgIpc) is 3.30. The van der Waals surface area contributed by atoms with E-state index in [1.54, 1.807) is 22.8 Å². The Balaban J connectivity index is 1.43. The molecule has 0 aromatic heterocycles. The van der Waals surface area contributed by atoms with Gasteiger partial charge in [0.15, 0.2) is 0 Å². The van der Waals surface area contributed by atoms with Crippen LogP contribution < -0.4 is 14.5 Å². The quantitative estimate of drug-likeness (QED) is 0.495. The molecule has 0 bridgehead atoms. The maximum atomic E-state index is 14.6. The number of halogens is 1. The number of ether oxygens (including phenoxy) is 1. The van der Waals surface area contributed by atoms with E-state index in [9.17, 15) is 19.5 Å². The van der Waals surface area contributed by atoms with Crippen molar-refractivity contribution >= 4 is 52.5 Å². The van der Waals surface area contributed by atoms with Crippen molar-refractivity contribution in [2.75, 3.05) is 36.1 Å². The molecule has 0 radical (unpaired) electrons. The summed E-state index contributed by atoms with van der Waals surface area (Å²) in [5, 5.41) is 10.4. The van der Waals surface area contributed by atoms with Crippen molar-refractivity contribution < 1.29 is 24.2 Å². The number of aliphatic hydroxyl groups excluding tert-OH is 1. The SMILES string of the molecule is CCOc1ccc(N2CC=C[C@H]3S[C@]45C=CCN(c6c(C)cccc6Cl)C(=O)C4N([C@H](C)CO)C(=O)[C@@H]5[C@H]3C2=O)cc1. The summed E-state index contributed by atoms with van der Waals surface area (Å²) in [7, 11) is 0. The molecule has 6 rings (SSSR count). The first-order valence-corrected chi connectivity index (χ1v) is 15.5. The number of carbonyl (C=O) groups is 3. The number of aryl methyl sites for hydroxylation is 1. The summed E-state index contributed by atoms with van der Waals surface area (Å²) in [4.78, 5) is 48.2. The number of fused-ring (bicyclic) bond motifs is 2. The lowest BCUT2D eigenvalue weighted by atomic mass is 9.78. The van der Waals surface area contributed by atoms with Crippen LogP contribution in [0.3, 0.4) is 0 Å². The summed E-state index contributed by atoms with van der Waals surface area (Å²) >= 11 is 8.13. The largest absolute Gasteiger partial charge is 0.494 e. The van der Waals surface area contributed by atoms with Crippen LogP contribution in [0.15, 0.2) is 66.8 Å². The molecule has 8 nitrogen and oxygen atoms in total. The van der Waals surface area contributed by atoms with Crippen LogP contribution in [0.25, 0.3) is 0 Å². The minimum Gasteiger partial charge on any atom is -0.494 e. The van der Waals surface area contributed by atoms with Crippen molar-refractivity contribution in [3.8, 4) is 5.75 Å². The molecule has 0 aliphatic carbocycles. The molecule has 6 atom stereocenters. The number of rotatable bonds is 6. The summed E-state index contributed by atoms with van der Waals surface area (Å²) in [5.41, 5.74) is 2.17. The van der Waals surface area contributed by atoms with E-state index in [-0.39, 0.29) is 36.1 Å². The number of para-hydroxylation sites is 1. The molecule has 4 aliphatic rings. The van der Waals surface area contributed by atoms with Gasteiger partial charge in [-0.3, -0.25) is 14.4 Å². The Bertz CT molecular complexity index is 1460. The second-order valence-electron chi connectivity index (χ2n) is 11.2. The fraction of sp³-hybridized carbons (Fsp3) is 0.406. The Morgan fingerprint density at radius 1 is 1.05 bits per heavy atom. The van der Waals surface area contributed by atoms with E-state index in [1.165, 1.54) is 16.7 Å². The second-order valence-corrected chi connectivity index (χ2v) is 13.1. The molecule has 1 spiro atoms. The molecule has 1 N–H and O–H groups in total. The summed E-state index contributed by atoms with van der Waals surface area (Å²) < 4.78 is 4.59. The minimum absolute atomic E-state index is 0.155. The Morgan fingerprint density at radius 3 is 2.48 bits per heavy atom. The van der Waals surface area contributed by atoms with Gasteiger partial charge in [-0.15, -0.1) is 11.8 Å². The van der Waals surface area contributed by atoms with Crippen LogP contribution >= 0.6 is 23.4 Å². The average molecular weight is 608 g/mol. The fourth-order valence-corrected chi connectivity index (χ4v) is 9.24. The molecule has 2 aromatic carbocycles. The molecule has 2 fully saturated rings. The molecular weight excluding hydrogens is 574 g/mol. The fourth-order valence-electron chi connectivity index (χ4n) is 6.93. The van der Waals surface area contributed by atoms with E-state index in [4.69, 9.17) is 16.3 Å². The first-order chi connectivity index (χ1) is 20.2. The van der Waals surface area contributed by atoms with E-state index in [1.807, 2.05) is 74.5 Å². The monoisotopic (exact) mass is 607 g/mol. The van der Waals surface area contributed by atoms with Crippen LogP contribution in [0.2, 0.25) is 5.02 Å². The normalized spacial score (nSPS) is 29.3. The topological polar surface area (TPSA) is 90.4 Å². The number of hydrogen-bond acceptors (Lipinski definition) is 6. The number of aliphatic hydroxyl groups is 1. The highest BCUT2D eigenvalue weighted by atomic mass is 35.5. The van der Waals surface area contributed by atoms with Gasteiger partial charge in [-0.2, -0.15) is 0 Å². The molecule has 10 heteroatoms. The third-order valence-corrected chi connectivity index (χ3v) is 10.8. The van der Waals surface area contributed by atoms with E-state index in [2.05, 4.69) is 0 Å². The Morgan fingerprint density at radius 2 is 1.79 bits per heavy atom. The van der Waals surface area contributed by atoms with Crippen LogP contribution in [0.5, 0.6) is 5.75 Å². The van der Waals surface area contributed by atoms with Gasteiger partial charge in [0.1, 0.15) is 11.8 Å². The van der Waals surface area contributed by atoms with E-state index >= 15 is 0 Å². The lowest BCUT2D eigenvalue weighted by molar-refractivity contribution is -0.141. The van der Waals surface area contributed by atoms with E-state index in [0.29, 0.717) is 23.9 Å². The van der Waals surface area contributed by atoms with Gasteiger partial charge in [0, 0.05) is 24.0 Å². The number of carbonyl (C=O) groups excluding carboxylic acids is 3. The predicted octanol–water partition coefficient (Wildman–Crippen LogP) is 4.23. The van der Waals surface area contributed by atoms with Crippen molar-refractivity contribution in [2.45, 2.75) is 42.9 Å². The minimum atomic E-state index is -0.987. The highest BCUT2D eigenvalue weighted by Crippen LogP contribution is 2.61. The van der Waals surface area contributed by atoms with Crippen LogP contribution in [0.4, 0.5) is 11.4 Å². The summed E-state index contributed by atoms with van der Waals surface area (Å²) in [6.45, 7) is 6.45. The lowest BCUT2D eigenvalue weighted by Gasteiger charge is -2.37. The second kappa shape index (κ2) is 11.1. The highest BCUT2D eigenvalue weighted by molar-refractivity contribution is 8.02. The first-order valence-electron chi connectivity index (χ1n) is 14.3. The third kappa shape index (κ3) is 4.36. The van der Waals surface area contributed by atoms with Crippen LogP contribution in [-0.2, 0) is 14.4 Å². The summed E-state index contributed by atoms with van der Waals surface area (Å²) in [5.74, 6) is -1.45. The number of hydrogen-bond donors (Lipinski definition) is 1. The van der Waals surface area contributed by atoms with Gasteiger partial charge in [0.2, 0.25) is 11.8 Å². The van der Waals surface area contributed by atoms with Crippen molar-refractivity contribution in [3.63, 3.8) is 0 Å². The summed E-state index contributed by atoms with van der Waals surface area (Å²) in [6.07, 6.45) is 7.87. The maximum Gasteiger partial charge on any atom is 0.251 e. The molecule has 4 heterocycles. The zero-order valence-corrected chi connectivity index (χ0v) is 25.3. The van der Waals surface area contributed by atoms with Crippen molar-refractivity contribution in [1.82, 2.24) is 4.90 Å². The van der Waals surface area contributed by atoms with Crippen molar-refractivity contribution in [2.24, 2.45) is 11.8 Å². The van der Waals surface area contributed by atoms with Gasteiger partial charge in [-0.25, -0.2) is 0 Å². The van der Waals surface area contributed by atoms with Gasteiger partial charge in [-0.05, 0) is 56.7 Å². The molecular formula is C32H34ClN3O5S. The molecule has 3 amide bonds. The number of nitrogens with zero attached hydrogens (tertiary/aromatic N) is 3. The number of amides is 3. The number of likely N-dealkylation sites (tertiary alicyclic amines) is 1. The third-order valence-electron chi connectivity index (χ3n) is 8.75. The molecule has 220 valence electrons. The Kier molecular flexibility index (Phi) is 7.62. The molecule has 2 saturated heterocycles. The number of thioether (sulfide) groups is 1. The van der Waals surface area contributed by atoms with Gasteiger partial charge in [-0.1, -0.05) is 48.0 Å². The van der Waals surface area contributed by atoms with E-state index < -0.39 is 28.7 Å². The molecule has 4 aliphatic heterocycles. The number of anilines is 2. The first kappa shape index (κ1) is 28.8. The zero-order valence-electron chi connectivity index (χ0n) is 23.8. The van der Waals surface area contributed by atoms with Gasteiger partial charge >= 0.3 is 0 Å². The maximum absolute atomic E-state index is 14.6. The molecule has 0 saturated carbocycles.